The first-order valence-corrected chi connectivity index (χ1v) is 4.57. The van der Waals surface area contributed by atoms with Crippen molar-refractivity contribution in [3.05, 3.63) is 30.0 Å². The number of ether oxygens (including phenoxy) is 2. The van der Waals surface area contributed by atoms with E-state index in [4.69, 9.17) is 4.74 Å². The van der Waals surface area contributed by atoms with Gasteiger partial charge in [0.15, 0.2) is 11.4 Å². The van der Waals surface area contributed by atoms with Gasteiger partial charge in [0.25, 0.3) is 6.47 Å². The molecule has 0 atom stereocenters. The second-order valence-electron chi connectivity index (χ2n) is 3.08. The van der Waals surface area contributed by atoms with Gasteiger partial charge in [0.2, 0.25) is 0 Å². The average Bonchev–Trinajstić information content (AvgIpc) is 2.68. The van der Waals surface area contributed by atoms with Crippen molar-refractivity contribution in [2.75, 3.05) is 7.11 Å². The summed E-state index contributed by atoms with van der Waals surface area (Å²) in [7, 11) is 1.26. The van der Waals surface area contributed by atoms with Crippen molar-refractivity contribution in [3.8, 4) is 5.75 Å². The van der Waals surface area contributed by atoms with Gasteiger partial charge in [-0.15, -0.1) is 0 Å². The molecule has 16 heavy (non-hydrogen) atoms. The summed E-state index contributed by atoms with van der Waals surface area (Å²) in [5.41, 5.74) is 0.843. The molecule has 1 heterocycles. The monoisotopic (exact) mass is 219 g/mol. The number of hydrogen-bond acceptors (Lipinski definition) is 4. The van der Waals surface area contributed by atoms with Gasteiger partial charge in [-0.2, -0.15) is 0 Å². The van der Waals surface area contributed by atoms with E-state index >= 15 is 0 Å². The van der Waals surface area contributed by atoms with Crippen LogP contribution in [0.4, 0.5) is 0 Å². The average molecular weight is 219 g/mol. The third-order valence-corrected chi connectivity index (χ3v) is 2.21. The Bertz CT molecular complexity index is 544. The topological polar surface area (TPSA) is 68.4 Å². The Kier molecular flexibility index (Phi) is 2.59. The van der Waals surface area contributed by atoms with Crippen LogP contribution in [0.15, 0.2) is 24.3 Å². The number of methoxy groups -OCH3 is 1. The fourth-order valence-corrected chi connectivity index (χ4v) is 1.53. The van der Waals surface area contributed by atoms with Crippen LogP contribution in [-0.2, 0) is 9.53 Å². The highest BCUT2D eigenvalue weighted by Gasteiger charge is 2.19. The zero-order chi connectivity index (χ0) is 11.5. The lowest BCUT2D eigenvalue weighted by atomic mass is 10.2. The van der Waals surface area contributed by atoms with Gasteiger partial charge in [0.1, 0.15) is 0 Å². The van der Waals surface area contributed by atoms with Crippen LogP contribution in [-0.4, -0.2) is 24.5 Å². The first-order valence-electron chi connectivity index (χ1n) is 4.57. The second kappa shape index (κ2) is 4.06. The summed E-state index contributed by atoms with van der Waals surface area (Å²) in [6.07, 6.45) is 0. The molecule has 5 nitrogen and oxygen atoms in total. The minimum atomic E-state index is -0.576. The molecule has 2 rings (SSSR count). The maximum atomic E-state index is 11.4. The molecule has 1 aromatic heterocycles. The van der Waals surface area contributed by atoms with E-state index in [0.29, 0.717) is 10.9 Å². The molecule has 1 N–H and O–H groups in total. The summed E-state index contributed by atoms with van der Waals surface area (Å²) in [5, 5.41) is 0.662. The smallest absolute Gasteiger partial charge is 0.358 e. The molecule has 5 heteroatoms. The van der Waals surface area contributed by atoms with Crippen molar-refractivity contribution in [1.82, 2.24) is 4.98 Å². The molecule has 2 aromatic rings. The van der Waals surface area contributed by atoms with Gasteiger partial charge in [-0.1, -0.05) is 12.1 Å². The van der Waals surface area contributed by atoms with Crippen LogP contribution in [0.5, 0.6) is 5.75 Å². The molecule has 0 fully saturated rings. The summed E-state index contributed by atoms with van der Waals surface area (Å²) in [4.78, 5) is 24.7. The number of aromatic nitrogens is 1. The van der Waals surface area contributed by atoms with Crippen LogP contribution in [0.2, 0.25) is 0 Å². The molecule has 0 aliphatic rings. The number of rotatable bonds is 3. The van der Waals surface area contributed by atoms with E-state index in [1.54, 1.807) is 18.2 Å². The van der Waals surface area contributed by atoms with Crippen LogP contribution < -0.4 is 4.74 Å². The van der Waals surface area contributed by atoms with Crippen molar-refractivity contribution in [3.63, 3.8) is 0 Å². The predicted molar refractivity (Wildman–Crippen MR) is 56.3 cm³/mol. The molecule has 0 radical (unpaired) electrons. The Labute approximate surface area is 91.0 Å². The molecule has 0 aliphatic heterocycles. The normalized spacial score (nSPS) is 10.1. The van der Waals surface area contributed by atoms with E-state index in [0.717, 1.165) is 0 Å². The van der Waals surface area contributed by atoms with E-state index < -0.39 is 5.97 Å². The van der Waals surface area contributed by atoms with Crippen LogP contribution >= 0.6 is 0 Å². The summed E-state index contributed by atoms with van der Waals surface area (Å²) >= 11 is 0. The van der Waals surface area contributed by atoms with Gasteiger partial charge in [-0.05, 0) is 12.1 Å². The molecular weight excluding hydrogens is 210 g/mol. The lowest BCUT2D eigenvalue weighted by molar-refractivity contribution is -0.120. The zero-order valence-corrected chi connectivity index (χ0v) is 8.52. The first-order chi connectivity index (χ1) is 7.77. The number of para-hydroxylation sites is 1. The van der Waals surface area contributed by atoms with Crippen molar-refractivity contribution < 1.29 is 19.1 Å². The highest BCUT2D eigenvalue weighted by atomic mass is 16.5. The molecule has 0 unspecified atom stereocenters. The van der Waals surface area contributed by atoms with Crippen molar-refractivity contribution in [2.45, 2.75) is 0 Å². The lowest BCUT2D eigenvalue weighted by Crippen LogP contribution is -2.04. The standard InChI is InChI=1S/C11H9NO4/c1-15-11(14)9-10(16-6-13)7-4-2-3-5-8(7)12-9/h2-6,12H,1H3. The molecule has 0 amide bonds. The lowest BCUT2D eigenvalue weighted by Gasteiger charge is -1.99. The van der Waals surface area contributed by atoms with Crippen LogP contribution in [0.3, 0.4) is 0 Å². The number of carbonyl (C=O) groups excluding carboxylic acids is 2. The molecule has 0 spiro atoms. The highest BCUT2D eigenvalue weighted by molar-refractivity contribution is 6.01. The molecule has 0 saturated heterocycles. The molecule has 82 valence electrons. The Morgan fingerprint density at radius 2 is 2.12 bits per heavy atom. The van der Waals surface area contributed by atoms with Crippen molar-refractivity contribution >= 4 is 23.3 Å². The number of fused-ring (bicyclic) bond motifs is 1. The maximum absolute atomic E-state index is 11.4. The van der Waals surface area contributed by atoms with E-state index in [-0.39, 0.29) is 17.9 Å². The minimum absolute atomic E-state index is 0.135. The zero-order valence-electron chi connectivity index (χ0n) is 8.52. The fourth-order valence-electron chi connectivity index (χ4n) is 1.53. The van der Waals surface area contributed by atoms with Crippen molar-refractivity contribution in [1.29, 1.82) is 0 Å². The first kappa shape index (κ1) is 10.2. The second-order valence-corrected chi connectivity index (χ2v) is 3.08. The molecule has 0 aliphatic carbocycles. The van der Waals surface area contributed by atoms with Gasteiger partial charge in [-0.3, -0.25) is 4.79 Å². The Balaban J connectivity index is 2.67. The van der Waals surface area contributed by atoms with Crippen LogP contribution in [0.25, 0.3) is 10.9 Å². The largest absolute Gasteiger partial charge is 0.464 e. The SMILES string of the molecule is COC(=O)c1[nH]c2ccccc2c1OC=O. The number of H-pyrrole nitrogens is 1. The Hall–Kier alpha value is -2.30. The molecular formula is C11H9NO4. The van der Waals surface area contributed by atoms with Gasteiger partial charge in [-0.25, -0.2) is 4.79 Å². The predicted octanol–water partition coefficient (Wildman–Crippen LogP) is 1.49. The van der Waals surface area contributed by atoms with Crippen molar-refractivity contribution in [2.24, 2.45) is 0 Å². The van der Waals surface area contributed by atoms with E-state index in [9.17, 15) is 9.59 Å². The third kappa shape index (κ3) is 1.52. The number of hydrogen-bond donors (Lipinski definition) is 1. The fraction of sp³-hybridized carbons (Fsp3) is 0.0909. The highest BCUT2D eigenvalue weighted by Crippen LogP contribution is 2.29. The molecule has 0 saturated carbocycles. The number of carbonyl (C=O) groups is 2. The Morgan fingerprint density at radius 1 is 1.38 bits per heavy atom. The summed E-state index contributed by atoms with van der Waals surface area (Å²) in [5.74, 6) is -0.384. The number of esters is 1. The quantitative estimate of drug-likeness (QED) is 0.627. The van der Waals surface area contributed by atoms with Crippen LogP contribution in [0.1, 0.15) is 10.5 Å². The molecule has 1 aromatic carbocycles. The van der Waals surface area contributed by atoms with Gasteiger partial charge >= 0.3 is 5.97 Å². The summed E-state index contributed by atoms with van der Waals surface area (Å²) < 4.78 is 9.39. The number of aromatic amines is 1. The van der Waals surface area contributed by atoms with Gasteiger partial charge in [0.05, 0.1) is 7.11 Å². The summed E-state index contributed by atoms with van der Waals surface area (Å²) in [6, 6.07) is 7.12. The molecule has 0 bridgehead atoms. The van der Waals surface area contributed by atoms with E-state index in [2.05, 4.69) is 9.72 Å². The number of nitrogens with one attached hydrogen (secondary N) is 1. The van der Waals surface area contributed by atoms with E-state index in [1.165, 1.54) is 7.11 Å². The van der Waals surface area contributed by atoms with Gasteiger partial charge < -0.3 is 14.5 Å². The van der Waals surface area contributed by atoms with E-state index in [1.807, 2.05) is 6.07 Å². The number of benzene rings is 1. The third-order valence-electron chi connectivity index (χ3n) is 2.21. The Morgan fingerprint density at radius 3 is 2.81 bits per heavy atom. The van der Waals surface area contributed by atoms with Crippen LogP contribution in [0, 0.1) is 0 Å². The maximum Gasteiger partial charge on any atom is 0.358 e. The van der Waals surface area contributed by atoms with Gasteiger partial charge in [0, 0.05) is 10.9 Å². The minimum Gasteiger partial charge on any atom is -0.464 e. The summed E-state index contributed by atoms with van der Waals surface area (Å²) in [6.45, 7) is 0.280.